The minimum absolute atomic E-state index is 0.536. The van der Waals surface area contributed by atoms with E-state index >= 15 is 0 Å². The molecule has 0 spiro atoms. The maximum atomic E-state index is 5.55. The van der Waals surface area contributed by atoms with Crippen LogP contribution < -0.4 is 5.32 Å². The molecule has 1 unspecified atom stereocenters. The zero-order valence-electron chi connectivity index (χ0n) is 9.42. The summed E-state index contributed by atoms with van der Waals surface area (Å²) in [4.78, 5) is 0. The van der Waals surface area contributed by atoms with Gasteiger partial charge >= 0.3 is 0 Å². The Morgan fingerprint density at radius 3 is 2.57 bits per heavy atom. The molecule has 0 aromatic rings. The normalized spacial score (nSPS) is 20.1. The predicted octanol–water partition coefficient (Wildman–Crippen LogP) is 1.43. The van der Waals surface area contributed by atoms with Crippen molar-refractivity contribution in [1.29, 1.82) is 0 Å². The zero-order chi connectivity index (χ0) is 10.2. The number of methoxy groups -OCH3 is 1. The van der Waals surface area contributed by atoms with E-state index in [0.29, 0.717) is 19.3 Å². The van der Waals surface area contributed by atoms with Crippen molar-refractivity contribution in [3.63, 3.8) is 0 Å². The Morgan fingerprint density at radius 1 is 1.29 bits per heavy atom. The summed E-state index contributed by atoms with van der Waals surface area (Å²) in [5, 5.41) is 3.36. The van der Waals surface area contributed by atoms with Crippen molar-refractivity contribution in [3.05, 3.63) is 0 Å². The zero-order valence-corrected chi connectivity index (χ0v) is 9.42. The number of hydrogen-bond acceptors (Lipinski definition) is 3. The molecule has 1 N–H and O–H groups in total. The highest BCUT2D eigenvalue weighted by Crippen LogP contribution is 2.27. The van der Waals surface area contributed by atoms with Crippen LogP contribution in [0.2, 0.25) is 0 Å². The van der Waals surface area contributed by atoms with Crippen LogP contribution in [0.25, 0.3) is 0 Å². The fourth-order valence-electron chi connectivity index (χ4n) is 2.17. The second kappa shape index (κ2) is 7.21. The second-order valence-corrected chi connectivity index (χ2v) is 4.01. The van der Waals surface area contributed by atoms with E-state index in [4.69, 9.17) is 9.47 Å². The van der Waals surface area contributed by atoms with E-state index < -0.39 is 0 Å². The summed E-state index contributed by atoms with van der Waals surface area (Å²) < 4.78 is 10.5. The van der Waals surface area contributed by atoms with Gasteiger partial charge < -0.3 is 14.8 Å². The lowest BCUT2D eigenvalue weighted by Crippen LogP contribution is -2.37. The molecule has 0 heterocycles. The monoisotopic (exact) mass is 201 g/mol. The molecular formula is C11H23NO2. The third-order valence-corrected chi connectivity index (χ3v) is 3.07. The van der Waals surface area contributed by atoms with Crippen LogP contribution in [0, 0.1) is 5.92 Å². The van der Waals surface area contributed by atoms with Gasteiger partial charge in [-0.1, -0.05) is 12.8 Å². The van der Waals surface area contributed by atoms with Crippen LogP contribution in [0.4, 0.5) is 0 Å². The van der Waals surface area contributed by atoms with Gasteiger partial charge in [-0.3, -0.25) is 0 Å². The summed E-state index contributed by atoms with van der Waals surface area (Å²) in [7, 11) is 3.73. The van der Waals surface area contributed by atoms with E-state index in [0.717, 1.165) is 12.5 Å². The highest BCUT2D eigenvalue weighted by atomic mass is 16.5. The maximum Gasteiger partial charge on any atom is 0.0701 e. The molecule has 1 fully saturated rings. The largest absolute Gasteiger partial charge is 0.382 e. The number of rotatable bonds is 7. The van der Waals surface area contributed by atoms with Gasteiger partial charge in [0.15, 0.2) is 0 Å². The Kier molecular flexibility index (Phi) is 6.15. The van der Waals surface area contributed by atoms with E-state index in [9.17, 15) is 0 Å². The third-order valence-electron chi connectivity index (χ3n) is 3.07. The summed E-state index contributed by atoms with van der Waals surface area (Å²) in [6.07, 6.45) is 5.50. The van der Waals surface area contributed by atoms with E-state index in [2.05, 4.69) is 5.32 Å². The molecule has 0 aliphatic heterocycles. The molecule has 0 aromatic carbocycles. The first-order valence-electron chi connectivity index (χ1n) is 5.62. The topological polar surface area (TPSA) is 30.5 Å². The highest BCUT2D eigenvalue weighted by molar-refractivity contribution is 4.79. The van der Waals surface area contributed by atoms with Gasteiger partial charge in [0, 0.05) is 13.2 Å². The van der Waals surface area contributed by atoms with Crippen LogP contribution in [0.5, 0.6) is 0 Å². The van der Waals surface area contributed by atoms with E-state index in [1.54, 1.807) is 7.11 Å². The fourth-order valence-corrected chi connectivity index (χ4v) is 2.17. The van der Waals surface area contributed by atoms with E-state index in [1.165, 1.54) is 25.7 Å². The van der Waals surface area contributed by atoms with Crippen molar-refractivity contribution >= 4 is 0 Å². The van der Waals surface area contributed by atoms with Crippen LogP contribution in [-0.4, -0.2) is 40.0 Å². The number of nitrogens with one attached hydrogen (secondary N) is 1. The Hall–Kier alpha value is -0.120. The number of ether oxygens (including phenoxy) is 2. The molecular weight excluding hydrogens is 178 g/mol. The van der Waals surface area contributed by atoms with Crippen LogP contribution in [0.1, 0.15) is 25.7 Å². The van der Waals surface area contributed by atoms with Crippen molar-refractivity contribution in [3.8, 4) is 0 Å². The molecule has 1 atom stereocenters. The lowest BCUT2D eigenvalue weighted by molar-refractivity contribution is 0.0508. The molecule has 14 heavy (non-hydrogen) atoms. The van der Waals surface area contributed by atoms with Crippen LogP contribution in [0.15, 0.2) is 0 Å². The minimum atomic E-state index is 0.536. The Morgan fingerprint density at radius 2 is 2.00 bits per heavy atom. The summed E-state index contributed by atoms with van der Waals surface area (Å²) in [6, 6.07) is 0.536. The molecule has 3 nitrogen and oxygen atoms in total. The molecule has 0 radical (unpaired) electrons. The fraction of sp³-hybridized carbons (Fsp3) is 1.00. The van der Waals surface area contributed by atoms with Gasteiger partial charge in [0.2, 0.25) is 0 Å². The van der Waals surface area contributed by atoms with E-state index in [1.807, 2.05) is 7.05 Å². The van der Waals surface area contributed by atoms with Gasteiger partial charge in [0.05, 0.1) is 19.8 Å². The number of likely N-dealkylation sites (N-methyl/N-ethyl adjacent to an activating group) is 1. The first-order chi connectivity index (χ1) is 6.88. The first-order valence-corrected chi connectivity index (χ1v) is 5.62. The summed E-state index contributed by atoms with van der Waals surface area (Å²) in [5.74, 6) is 0.822. The molecule has 84 valence electrons. The molecule has 0 amide bonds. The van der Waals surface area contributed by atoms with Crippen molar-refractivity contribution in [2.45, 2.75) is 31.7 Å². The lowest BCUT2D eigenvalue weighted by Gasteiger charge is -2.22. The lowest BCUT2D eigenvalue weighted by atomic mass is 9.99. The van der Waals surface area contributed by atoms with Crippen molar-refractivity contribution in [2.75, 3.05) is 34.0 Å². The SMILES string of the molecule is CNC(COCCOC)C1CCCC1. The first kappa shape index (κ1) is 12.0. The third kappa shape index (κ3) is 3.95. The van der Waals surface area contributed by atoms with Gasteiger partial charge in [0.1, 0.15) is 0 Å². The van der Waals surface area contributed by atoms with Crippen molar-refractivity contribution in [1.82, 2.24) is 5.32 Å². The highest BCUT2D eigenvalue weighted by Gasteiger charge is 2.23. The summed E-state index contributed by atoms with van der Waals surface area (Å²) in [6.45, 7) is 2.23. The molecule has 1 saturated carbocycles. The molecule has 1 aliphatic carbocycles. The van der Waals surface area contributed by atoms with Gasteiger partial charge in [0.25, 0.3) is 0 Å². The average molecular weight is 201 g/mol. The quantitative estimate of drug-likeness (QED) is 0.632. The predicted molar refractivity (Wildman–Crippen MR) is 57.5 cm³/mol. The smallest absolute Gasteiger partial charge is 0.0701 e. The van der Waals surface area contributed by atoms with Crippen LogP contribution >= 0.6 is 0 Å². The number of hydrogen-bond donors (Lipinski definition) is 1. The molecule has 3 heteroatoms. The molecule has 1 rings (SSSR count). The Balaban J connectivity index is 2.11. The minimum Gasteiger partial charge on any atom is -0.382 e. The van der Waals surface area contributed by atoms with Gasteiger partial charge in [-0.25, -0.2) is 0 Å². The molecule has 0 aromatic heterocycles. The second-order valence-electron chi connectivity index (χ2n) is 4.01. The summed E-state index contributed by atoms with van der Waals surface area (Å²) in [5.41, 5.74) is 0. The van der Waals surface area contributed by atoms with Crippen LogP contribution in [0.3, 0.4) is 0 Å². The van der Waals surface area contributed by atoms with Crippen LogP contribution in [-0.2, 0) is 9.47 Å². The molecule has 1 aliphatic rings. The standard InChI is InChI=1S/C11H23NO2/c1-12-11(9-14-8-7-13-2)10-5-3-4-6-10/h10-12H,3-9H2,1-2H3. The average Bonchev–Trinajstić information content (AvgIpc) is 2.71. The Bertz CT molecular complexity index is 135. The molecule has 0 bridgehead atoms. The van der Waals surface area contributed by atoms with Crippen molar-refractivity contribution < 1.29 is 9.47 Å². The Labute approximate surface area is 87.2 Å². The van der Waals surface area contributed by atoms with Gasteiger partial charge in [-0.2, -0.15) is 0 Å². The van der Waals surface area contributed by atoms with Gasteiger partial charge in [-0.15, -0.1) is 0 Å². The van der Waals surface area contributed by atoms with Gasteiger partial charge in [-0.05, 0) is 25.8 Å². The summed E-state index contributed by atoms with van der Waals surface area (Å²) >= 11 is 0. The molecule has 0 saturated heterocycles. The van der Waals surface area contributed by atoms with E-state index in [-0.39, 0.29) is 0 Å². The maximum absolute atomic E-state index is 5.55. The van der Waals surface area contributed by atoms with Crippen molar-refractivity contribution in [2.24, 2.45) is 5.92 Å².